The predicted octanol–water partition coefficient (Wildman–Crippen LogP) is 3.16. The summed E-state index contributed by atoms with van der Waals surface area (Å²) in [6, 6.07) is 6.52. The maximum atomic E-state index is 13.4. The van der Waals surface area contributed by atoms with Gasteiger partial charge in [0.25, 0.3) is 0 Å². The first-order chi connectivity index (χ1) is 9.22. The van der Waals surface area contributed by atoms with Gasteiger partial charge in [-0.3, -0.25) is 0 Å². The van der Waals surface area contributed by atoms with Crippen molar-refractivity contribution >= 4 is 11.6 Å². The monoisotopic (exact) mass is 279 g/mol. The van der Waals surface area contributed by atoms with E-state index in [0.29, 0.717) is 12.2 Å². The van der Waals surface area contributed by atoms with Crippen molar-refractivity contribution in [1.29, 1.82) is 0 Å². The van der Waals surface area contributed by atoms with E-state index in [1.165, 1.54) is 6.07 Å². The zero-order valence-corrected chi connectivity index (χ0v) is 11.4. The lowest BCUT2D eigenvalue weighted by molar-refractivity contribution is 0.519. The summed E-state index contributed by atoms with van der Waals surface area (Å²) >= 11 is 5.98. The lowest BCUT2D eigenvalue weighted by atomic mass is 10.0. The van der Waals surface area contributed by atoms with Crippen molar-refractivity contribution in [2.24, 2.45) is 0 Å². The van der Waals surface area contributed by atoms with Gasteiger partial charge in [0.05, 0.1) is 11.1 Å². The van der Waals surface area contributed by atoms with Gasteiger partial charge in [-0.2, -0.15) is 0 Å². The molecule has 0 saturated carbocycles. The smallest absolute Gasteiger partial charge is 0.145 e. The fraction of sp³-hybridized carbons (Fsp3) is 0.286. The molecule has 0 aliphatic heterocycles. The minimum atomic E-state index is -0.400. The van der Waals surface area contributed by atoms with Gasteiger partial charge in [0.1, 0.15) is 11.6 Å². The van der Waals surface area contributed by atoms with E-state index in [-0.39, 0.29) is 11.1 Å². The fourth-order valence-electron chi connectivity index (χ4n) is 1.92. The number of benzene rings is 1. The Balaban J connectivity index is 2.24. The second-order valence-electron chi connectivity index (χ2n) is 4.13. The molecule has 100 valence electrons. The maximum absolute atomic E-state index is 13.4. The highest BCUT2D eigenvalue weighted by Gasteiger charge is 2.16. The van der Waals surface area contributed by atoms with Crippen LogP contribution in [0.2, 0.25) is 5.02 Å². The molecule has 2 rings (SSSR count). The molecule has 0 aliphatic rings. The van der Waals surface area contributed by atoms with Crippen LogP contribution in [0.25, 0.3) is 0 Å². The summed E-state index contributed by atoms with van der Waals surface area (Å²) in [5.41, 5.74) is 0.750. The molecule has 0 aliphatic carbocycles. The molecule has 1 heterocycles. The van der Waals surface area contributed by atoms with Crippen LogP contribution in [-0.2, 0) is 6.42 Å². The second-order valence-corrected chi connectivity index (χ2v) is 4.51. The maximum Gasteiger partial charge on any atom is 0.145 e. The van der Waals surface area contributed by atoms with E-state index >= 15 is 0 Å². The molecule has 0 fully saturated rings. The number of hydrogen-bond acceptors (Lipinski definition) is 3. The average Bonchev–Trinajstić information content (AvgIpc) is 2.44. The van der Waals surface area contributed by atoms with Gasteiger partial charge < -0.3 is 5.32 Å². The number of rotatable bonds is 5. The van der Waals surface area contributed by atoms with Crippen LogP contribution in [0.1, 0.15) is 24.4 Å². The van der Waals surface area contributed by atoms with Gasteiger partial charge in [-0.05, 0) is 30.7 Å². The van der Waals surface area contributed by atoms with Crippen LogP contribution in [0.3, 0.4) is 0 Å². The third kappa shape index (κ3) is 3.49. The molecular formula is C14H15ClFN3. The molecule has 1 N–H and O–H groups in total. The quantitative estimate of drug-likeness (QED) is 0.914. The highest BCUT2D eigenvalue weighted by molar-refractivity contribution is 6.31. The number of nitrogens with one attached hydrogen (secondary N) is 1. The minimum absolute atomic E-state index is 0.0782. The Bertz CT molecular complexity index is 533. The Morgan fingerprint density at radius 2 is 2.00 bits per heavy atom. The lowest BCUT2D eigenvalue weighted by Crippen LogP contribution is -2.25. The van der Waals surface area contributed by atoms with Crippen molar-refractivity contribution in [2.45, 2.75) is 19.4 Å². The molecule has 0 saturated heterocycles. The Hall–Kier alpha value is -1.52. The molecule has 1 aromatic heterocycles. The largest absolute Gasteiger partial charge is 0.307 e. The number of likely N-dealkylation sites (N-methyl/N-ethyl adjacent to an activating group) is 1. The Kier molecular flexibility index (Phi) is 4.82. The summed E-state index contributed by atoms with van der Waals surface area (Å²) < 4.78 is 13.4. The molecular weight excluding hydrogens is 265 g/mol. The third-order valence-corrected chi connectivity index (χ3v) is 3.23. The summed E-state index contributed by atoms with van der Waals surface area (Å²) in [5.74, 6) is 0.285. The second kappa shape index (κ2) is 6.59. The minimum Gasteiger partial charge on any atom is -0.307 e. The normalized spacial score (nSPS) is 12.4. The Labute approximate surface area is 116 Å². The molecule has 0 spiro atoms. The molecule has 0 bridgehead atoms. The fourth-order valence-corrected chi connectivity index (χ4v) is 2.12. The van der Waals surface area contributed by atoms with Gasteiger partial charge in [0, 0.05) is 12.4 Å². The Morgan fingerprint density at radius 1 is 1.26 bits per heavy atom. The first-order valence-corrected chi connectivity index (χ1v) is 6.53. The van der Waals surface area contributed by atoms with E-state index in [1.807, 2.05) is 13.0 Å². The molecule has 0 amide bonds. The van der Waals surface area contributed by atoms with E-state index in [0.717, 1.165) is 12.1 Å². The highest BCUT2D eigenvalue weighted by atomic mass is 35.5. The highest BCUT2D eigenvalue weighted by Crippen LogP contribution is 2.24. The molecule has 19 heavy (non-hydrogen) atoms. The lowest BCUT2D eigenvalue weighted by Gasteiger charge is -2.17. The SMILES string of the molecule is CCNC(Cc1cccc(F)c1Cl)c1ncccn1. The summed E-state index contributed by atoms with van der Waals surface area (Å²) in [7, 11) is 0. The van der Waals surface area contributed by atoms with Gasteiger partial charge in [-0.25, -0.2) is 14.4 Å². The number of nitrogens with zero attached hydrogens (tertiary/aromatic N) is 2. The van der Waals surface area contributed by atoms with Crippen molar-refractivity contribution in [3.8, 4) is 0 Å². The zero-order chi connectivity index (χ0) is 13.7. The van der Waals surface area contributed by atoms with Crippen LogP contribution in [0.4, 0.5) is 4.39 Å². The van der Waals surface area contributed by atoms with Crippen molar-refractivity contribution < 1.29 is 4.39 Å². The van der Waals surface area contributed by atoms with Crippen molar-refractivity contribution in [1.82, 2.24) is 15.3 Å². The van der Waals surface area contributed by atoms with Gasteiger partial charge >= 0.3 is 0 Å². The summed E-state index contributed by atoms with van der Waals surface area (Å²) in [4.78, 5) is 8.47. The number of hydrogen-bond donors (Lipinski definition) is 1. The van der Waals surface area contributed by atoms with Gasteiger partial charge in [0.2, 0.25) is 0 Å². The Morgan fingerprint density at radius 3 is 2.68 bits per heavy atom. The van der Waals surface area contributed by atoms with Gasteiger partial charge in [-0.15, -0.1) is 0 Å². The van der Waals surface area contributed by atoms with Crippen molar-refractivity contribution in [2.75, 3.05) is 6.54 Å². The first kappa shape index (κ1) is 13.9. The van der Waals surface area contributed by atoms with Crippen molar-refractivity contribution in [3.63, 3.8) is 0 Å². The summed E-state index contributed by atoms with van der Waals surface area (Å²) in [5, 5.41) is 3.46. The van der Waals surface area contributed by atoms with Crippen LogP contribution in [-0.4, -0.2) is 16.5 Å². The molecule has 1 unspecified atom stereocenters. The standard InChI is InChI=1S/C14H15ClFN3/c1-2-17-12(14-18-7-4-8-19-14)9-10-5-3-6-11(16)13(10)15/h3-8,12,17H,2,9H2,1H3. The molecule has 1 atom stereocenters. The summed E-state index contributed by atoms with van der Waals surface area (Å²) in [6.07, 6.45) is 3.94. The predicted molar refractivity (Wildman–Crippen MR) is 73.6 cm³/mol. The van der Waals surface area contributed by atoms with E-state index in [4.69, 9.17) is 11.6 Å². The van der Waals surface area contributed by atoms with Gasteiger partial charge in [-0.1, -0.05) is 30.7 Å². The van der Waals surface area contributed by atoms with Crippen molar-refractivity contribution in [3.05, 3.63) is 58.9 Å². The van der Waals surface area contributed by atoms with Gasteiger partial charge in [0.15, 0.2) is 0 Å². The zero-order valence-electron chi connectivity index (χ0n) is 10.6. The average molecular weight is 280 g/mol. The van der Waals surface area contributed by atoms with E-state index in [9.17, 15) is 4.39 Å². The van der Waals surface area contributed by atoms with Crippen LogP contribution in [0.15, 0.2) is 36.7 Å². The van der Waals surface area contributed by atoms with Crippen LogP contribution < -0.4 is 5.32 Å². The molecule has 1 aromatic carbocycles. The van der Waals surface area contributed by atoms with E-state index < -0.39 is 5.82 Å². The first-order valence-electron chi connectivity index (χ1n) is 6.15. The van der Waals surface area contributed by atoms with Crippen LogP contribution in [0.5, 0.6) is 0 Å². The van der Waals surface area contributed by atoms with E-state index in [1.54, 1.807) is 24.5 Å². The summed E-state index contributed by atoms with van der Waals surface area (Å²) in [6.45, 7) is 2.78. The number of aromatic nitrogens is 2. The topological polar surface area (TPSA) is 37.8 Å². The van der Waals surface area contributed by atoms with E-state index in [2.05, 4.69) is 15.3 Å². The molecule has 2 aromatic rings. The van der Waals surface area contributed by atoms with Crippen LogP contribution in [0, 0.1) is 5.82 Å². The molecule has 0 radical (unpaired) electrons. The van der Waals surface area contributed by atoms with Crippen LogP contribution >= 0.6 is 11.6 Å². The molecule has 3 nitrogen and oxygen atoms in total. The number of halogens is 2. The molecule has 5 heteroatoms. The third-order valence-electron chi connectivity index (χ3n) is 2.80.